The van der Waals surface area contributed by atoms with Crippen LogP contribution in [0.25, 0.3) is 0 Å². The summed E-state index contributed by atoms with van der Waals surface area (Å²) in [5, 5.41) is 6.96. The Bertz CT molecular complexity index is 536. The van der Waals surface area contributed by atoms with E-state index in [1.54, 1.807) is 12.1 Å². The number of hydrogen-bond acceptors (Lipinski definition) is 4. The van der Waals surface area contributed by atoms with E-state index in [0.717, 1.165) is 17.0 Å². The molecule has 4 nitrogen and oxygen atoms in total. The molecule has 19 heavy (non-hydrogen) atoms. The van der Waals surface area contributed by atoms with Crippen molar-refractivity contribution in [3.05, 3.63) is 41.3 Å². The molecule has 0 saturated heterocycles. The van der Waals surface area contributed by atoms with Crippen molar-refractivity contribution in [1.29, 1.82) is 0 Å². The van der Waals surface area contributed by atoms with E-state index in [2.05, 4.69) is 15.2 Å². The first-order valence-electron chi connectivity index (χ1n) is 5.77. The average Bonchev–Trinajstić information content (AvgIpc) is 2.66. The van der Waals surface area contributed by atoms with E-state index in [9.17, 15) is 8.78 Å². The summed E-state index contributed by atoms with van der Waals surface area (Å²) in [5.41, 5.74) is 2.46. The molecular formula is C13H14F2N2O2. The molecule has 102 valence electrons. The quantitative estimate of drug-likeness (QED) is 0.901. The molecular weight excluding hydrogens is 254 g/mol. The molecule has 0 bridgehead atoms. The molecule has 0 aliphatic carbocycles. The van der Waals surface area contributed by atoms with Crippen molar-refractivity contribution in [2.24, 2.45) is 0 Å². The number of alkyl halides is 2. The highest BCUT2D eigenvalue weighted by Gasteiger charge is 2.09. The summed E-state index contributed by atoms with van der Waals surface area (Å²) >= 11 is 0. The lowest BCUT2D eigenvalue weighted by molar-refractivity contribution is -0.0498. The summed E-state index contributed by atoms with van der Waals surface area (Å²) in [7, 11) is 0. The van der Waals surface area contributed by atoms with Crippen LogP contribution in [0.2, 0.25) is 0 Å². The summed E-state index contributed by atoms with van der Waals surface area (Å²) in [6.07, 6.45) is 0. The third kappa shape index (κ3) is 3.43. The fraction of sp³-hybridized carbons (Fsp3) is 0.308. The number of rotatable bonds is 5. The fourth-order valence-electron chi connectivity index (χ4n) is 1.73. The summed E-state index contributed by atoms with van der Waals surface area (Å²) in [5.74, 6) is 0.865. The van der Waals surface area contributed by atoms with Crippen LogP contribution in [0, 0.1) is 13.8 Å². The Morgan fingerprint density at radius 2 is 2.16 bits per heavy atom. The predicted octanol–water partition coefficient (Wildman–Crippen LogP) is 3.50. The number of anilines is 1. The van der Waals surface area contributed by atoms with Gasteiger partial charge in [0.15, 0.2) is 0 Å². The number of nitrogens with zero attached hydrogens (tertiary/aromatic N) is 1. The molecule has 1 heterocycles. The van der Waals surface area contributed by atoms with Gasteiger partial charge >= 0.3 is 6.61 Å². The van der Waals surface area contributed by atoms with Gasteiger partial charge in [0.2, 0.25) is 0 Å². The van der Waals surface area contributed by atoms with Gasteiger partial charge in [0.05, 0.1) is 5.69 Å². The zero-order valence-electron chi connectivity index (χ0n) is 10.6. The highest BCUT2D eigenvalue weighted by molar-refractivity contribution is 5.48. The monoisotopic (exact) mass is 268 g/mol. The third-order valence-electron chi connectivity index (χ3n) is 2.71. The summed E-state index contributed by atoms with van der Waals surface area (Å²) < 4.78 is 33.6. The van der Waals surface area contributed by atoms with E-state index in [4.69, 9.17) is 4.52 Å². The zero-order valence-corrected chi connectivity index (χ0v) is 10.6. The molecule has 0 atom stereocenters. The van der Waals surface area contributed by atoms with Crippen molar-refractivity contribution < 1.29 is 18.0 Å². The minimum absolute atomic E-state index is 0.124. The first kappa shape index (κ1) is 13.3. The van der Waals surface area contributed by atoms with Crippen LogP contribution in [0.5, 0.6) is 5.75 Å². The smallest absolute Gasteiger partial charge is 0.387 e. The van der Waals surface area contributed by atoms with E-state index in [1.807, 2.05) is 13.8 Å². The van der Waals surface area contributed by atoms with Gasteiger partial charge < -0.3 is 14.6 Å². The molecule has 0 aliphatic heterocycles. The van der Waals surface area contributed by atoms with Crippen LogP contribution >= 0.6 is 0 Å². The van der Waals surface area contributed by atoms with Crippen molar-refractivity contribution >= 4 is 5.69 Å². The van der Waals surface area contributed by atoms with Crippen molar-refractivity contribution in [2.45, 2.75) is 27.0 Å². The number of benzene rings is 1. The molecule has 1 aromatic heterocycles. The maximum absolute atomic E-state index is 12.1. The number of ether oxygens (including phenoxy) is 1. The van der Waals surface area contributed by atoms with Gasteiger partial charge in [-0.05, 0) is 26.0 Å². The molecule has 1 aromatic carbocycles. The summed E-state index contributed by atoms with van der Waals surface area (Å²) in [6, 6.07) is 6.42. The standard InChI is InChI=1S/C13H14F2N2O2/c1-8-12(9(2)19-17-8)7-16-10-4-3-5-11(6-10)18-13(14)15/h3-6,13,16H,7H2,1-2H3. The van der Waals surface area contributed by atoms with Gasteiger partial charge in [-0.25, -0.2) is 0 Å². The molecule has 0 unspecified atom stereocenters. The third-order valence-corrected chi connectivity index (χ3v) is 2.71. The molecule has 6 heteroatoms. The van der Waals surface area contributed by atoms with E-state index in [0.29, 0.717) is 12.2 Å². The van der Waals surface area contributed by atoms with Crippen molar-refractivity contribution in [3.63, 3.8) is 0 Å². The molecule has 2 aromatic rings. The van der Waals surface area contributed by atoms with E-state index >= 15 is 0 Å². The van der Waals surface area contributed by atoms with E-state index in [1.165, 1.54) is 12.1 Å². The Kier molecular flexibility index (Phi) is 3.99. The van der Waals surface area contributed by atoms with Gasteiger partial charge in [0, 0.05) is 23.9 Å². The highest BCUT2D eigenvalue weighted by atomic mass is 19.3. The van der Waals surface area contributed by atoms with Crippen molar-refractivity contribution in [1.82, 2.24) is 5.16 Å². The Morgan fingerprint density at radius 3 is 2.79 bits per heavy atom. The average molecular weight is 268 g/mol. The van der Waals surface area contributed by atoms with Crippen LogP contribution in [0.15, 0.2) is 28.8 Å². The second kappa shape index (κ2) is 5.69. The van der Waals surface area contributed by atoms with Gasteiger partial charge in [0.25, 0.3) is 0 Å². The molecule has 2 rings (SSSR count). The molecule has 0 amide bonds. The maximum Gasteiger partial charge on any atom is 0.387 e. The Morgan fingerprint density at radius 1 is 1.37 bits per heavy atom. The first-order chi connectivity index (χ1) is 9.06. The van der Waals surface area contributed by atoms with Crippen LogP contribution in [0.3, 0.4) is 0 Å². The minimum atomic E-state index is -2.82. The lowest BCUT2D eigenvalue weighted by atomic mass is 10.2. The highest BCUT2D eigenvalue weighted by Crippen LogP contribution is 2.21. The number of aromatic nitrogens is 1. The van der Waals surface area contributed by atoms with Crippen LogP contribution in [0.1, 0.15) is 17.0 Å². The minimum Gasteiger partial charge on any atom is -0.435 e. The summed E-state index contributed by atoms with van der Waals surface area (Å²) in [6.45, 7) is 1.37. The summed E-state index contributed by atoms with van der Waals surface area (Å²) in [4.78, 5) is 0. The van der Waals surface area contributed by atoms with Crippen LogP contribution in [-0.4, -0.2) is 11.8 Å². The molecule has 0 saturated carbocycles. The fourth-order valence-corrected chi connectivity index (χ4v) is 1.73. The number of halogens is 2. The lowest BCUT2D eigenvalue weighted by Gasteiger charge is -2.09. The largest absolute Gasteiger partial charge is 0.435 e. The SMILES string of the molecule is Cc1noc(C)c1CNc1cccc(OC(F)F)c1. The van der Waals surface area contributed by atoms with E-state index in [-0.39, 0.29) is 5.75 Å². The Labute approximate surface area is 109 Å². The molecule has 0 aliphatic rings. The van der Waals surface area contributed by atoms with Crippen molar-refractivity contribution in [2.75, 3.05) is 5.32 Å². The topological polar surface area (TPSA) is 47.3 Å². The van der Waals surface area contributed by atoms with Gasteiger partial charge in [0.1, 0.15) is 11.5 Å². The van der Waals surface area contributed by atoms with Crippen LogP contribution < -0.4 is 10.1 Å². The van der Waals surface area contributed by atoms with Crippen molar-refractivity contribution in [3.8, 4) is 5.75 Å². The number of aryl methyl sites for hydroxylation is 2. The number of nitrogens with one attached hydrogen (secondary N) is 1. The Hall–Kier alpha value is -2.11. The molecule has 0 spiro atoms. The molecule has 0 fully saturated rings. The van der Waals surface area contributed by atoms with Crippen LogP contribution in [0.4, 0.5) is 14.5 Å². The number of hydrogen-bond donors (Lipinski definition) is 1. The second-order valence-corrected chi connectivity index (χ2v) is 4.06. The Balaban J connectivity index is 2.03. The predicted molar refractivity (Wildman–Crippen MR) is 66.4 cm³/mol. The van der Waals surface area contributed by atoms with Gasteiger partial charge in [-0.1, -0.05) is 11.2 Å². The first-order valence-corrected chi connectivity index (χ1v) is 5.77. The van der Waals surface area contributed by atoms with Gasteiger partial charge in [-0.3, -0.25) is 0 Å². The lowest BCUT2D eigenvalue weighted by Crippen LogP contribution is -2.04. The van der Waals surface area contributed by atoms with E-state index < -0.39 is 6.61 Å². The normalized spacial score (nSPS) is 10.8. The molecule has 0 radical (unpaired) electrons. The molecule has 1 N–H and O–H groups in total. The van der Waals surface area contributed by atoms with Gasteiger partial charge in [-0.15, -0.1) is 0 Å². The second-order valence-electron chi connectivity index (χ2n) is 4.06. The maximum atomic E-state index is 12.1. The zero-order chi connectivity index (χ0) is 13.8. The van der Waals surface area contributed by atoms with Gasteiger partial charge in [-0.2, -0.15) is 8.78 Å². The van der Waals surface area contributed by atoms with Crippen LogP contribution in [-0.2, 0) is 6.54 Å².